The number of methoxy groups -OCH3 is 1. The Kier molecular flexibility index (Phi) is 5.36. The van der Waals surface area contributed by atoms with Crippen LogP contribution >= 0.6 is 12.4 Å². The first-order valence-corrected chi connectivity index (χ1v) is 7.30. The molecule has 0 aliphatic heterocycles. The van der Waals surface area contributed by atoms with E-state index in [1.54, 1.807) is 0 Å². The van der Waals surface area contributed by atoms with Crippen molar-refractivity contribution < 1.29 is 13.2 Å². The molecule has 6 nitrogen and oxygen atoms in total. The number of halogens is 1. The van der Waals surface area contributed by atoms with Crippen LogP contribution in [0.25, 0.3) is 0 Å². The number of ether oxygens (including phenoxy) is 1. The van der Waals surface area contributed by atoms with Gasteiger partial charge in [0, 0.05) is 12.1 Å². The van der Waals surface area contributed by atoms with Crippen LogP contribution in [0.15, 0.2) is 23.1 Å². The highest BCUT2D eigenvalue weighted by molar-refractivity contribution is 7.89. The molecule has 0 bridgehead atoms. The molecule has 1 aromatic carbocycles. The van der Waals surface area contributed by atoms with Crippen LogP contribution in [-0.4, -0.2) is 27.6 Å². The number of nitrogens with one attached hydrogen (secondary N) is 1. The minimum atomic E-state index is -3.65. The summed E-state index contributed by atoms with van der Waals surface area (Å²) in [7, 11) is -2.28. The topological polar surface area (TPSA) is 105 Å². The van der Waals surface area contributed by atoms with Crippen LogP contribution in [0.5, 0.6) is 5.75 Å². The third kappa shape index (κ3) is 3.41. The van der Waals surface area contributed by atoms with Gasteiger partial charge in [0.1, 0.15) is 10.6 Å². The van der Waals surface area contributed by atoms with Gasteiger partial charge >= 0.3 is 0 Å². The first-order chi connectivity index (χ1) is 8.96. The van der Waals surface area contributed by atoms with Crippen molar-refractivity contribution in [2.45, 2.75) is 29.8 Å². The highest BCUT2D eigenvalue weighted by Gasteiger charge is 2.31. The van der Waals surface area contributed by atoms with Crippen molar-refractivity contribution in [3.63, 3.8) is 0 Å². The average molecular weight is 318 g/mol. The quantitative estimate of drug-likeness (QED) is 0.852. The normalized spacial score (nSPS) is 21.2. The Labute approximate surface area is 124 Å². The van der Waals surface area contributed by atoms with Gasteiger partial charge in [0.05, 0.1) is 18.7 Å². The van der Waals surface area contributed by atoms with Crippen molar-refractivity contribution in [3.05, 3.63) is 23.8 Å². The fourth-order valence-corrected chi connectivity index (χ4v) is 3.41. The maximum Gasteiger partial charge on any atom is 0.244 e. The van der Waals surface area contributed by atoms with Gasteiger partial charge in [-0.05, 0) is 31.0 Å². The van der Waals surface area contributed by atoms with Crippen LogP contribution in [0.4, 0.5) is 0 Å². The molecule has 0 atom stereocenters. The lowest BCUT2D eigenvalue weighted by atomic mass is 9.89. The van der Waals surface area contributed by atoms with Crippen LogP contribution < -0.4 is 15.2 Å². The summed E-state index contributed by atoms with van der Waals surface area (Å²) in [5.41, 5.74) is 5.97. The second kappa shape index (κ2) is 6.41. The van der Waals surface area contributed by atoms with E-state index in [1.165, 1.54) is 25.3 Å². The first kappa shape index (κ1) is 16.7. The molecule has 1 aromatic rings. The number of hydrogen-bond donors (Lipinski definition) is 2. The maximum absolute atomic E-state index is 12.2. The molecule has 110 valence electrons. The molecule has 8 heteroatoms. The summed E-state index contributed by atoms with van der Waals surface area (Å²) in [6, 6.07) is 6.10. The van der Waals surface area contributed by atoms with Gasteiger partial charge in [-0.25, -0.2) is 13.1 Å². The summed E-state index contributed by atoms with van der Waals surface area (Å²) in [5.74, 6) is 0.162. The molecule has 0 heterocycles. The highest BCUT2D eigenvalue weighted by Crippen LogP contribution is 2.27. The zero-order chi connectivity index (χ0) is 14.0. The minimum absolute atomic E-state index is 0. The molecule has 0 radical (unpaired) electrons. The third-order valence-electron chi connectivity index (χ3n) is 3.08. The third-order valence-corrected chi connectivity index (χ3v) is 4.64. The summed E-state index contributed by atoms with van der Waals surface area (Å²) in [5, 5.41) is 8.79. The zero-order valence-electron chi connectivity index (χ0n) is 10.9. The predicted octanol–water partition coefficient (Wildman–Crippen LogP) is 0.757. The van der Waals surface area contributed by atoms with E-state index in [2.05, 4.69) is 4.72 Å². The molecular formula is C12H16ClN3O3S. The first-order valence-electron chi connectivity index (χ1n) is 5.82. The van der Waals surface area contributed by atoms with Gasteiger partial charge in [-0.3, -0.25) is 0 Å². The Morgan fingerprint density at radius 3 is 2.60 bits per heavy atom. The fraction of sp³-hybridized carbons (Fsp3) is 0.417. The van der Waals surface area contributed by atoms with E-state index in [4.69, 9.17) is 15.7 Å². The van der Waals surface area contributed by atoms with Gasteiger partial charge in [0.25, 0.3) is 0 Å². The molecule has 20 heavy (non-hydrogen) atoms. The summed E-state index contributed by atoms with van der Waals surface area (Å²) >= 11 is 0. The predicted molar refractivity (Wildman–Crippen MR) is 76.3 cm³/mol. The molecule has 1 fully saturated rings. The molecule has 0 unspecified atom stereocenters. The molecule has 0 amide bonds. The minimum Gasteiger partial charge on any atom is -0.495 e. The molecule has 0 aromatic heterocycles. The molecule has 2 rings (SSSR count). The van der Waals surface area contributed by atoms with E-state index in [1.807, 2.05) is 6.07 Å². The van der Waals surface area contributed by atoms with Gasteiger partial charge in [-0.2, -0.15) is 5.26 Å². The molecule has 1 saturated carbocycles. The van der Waals surface area contributed by atoms with Crippen LogP contribution in [0.1, 0.15) is 18.4 Å². The van der Waals surface area contributed by atoms with E-state index in [9.17, 15) is 8.42 Å². The van der Waals surface area contributed by atoms with Crippen LogP contribution in [0.2, 0.25) is 0 Å². The Morgan fingerprint density at radius 1 is 1.45 bits per heavy atom. The number of nitriles is 1. The number of benzene rings is 1. The van der Waals surface area contributed by atoms with Crippen LogP contribution in [0.3, 0.4) is 0 Å². The van der Waals surface area contributed by atoms with Crippen molar-refractivity contribution in [1.82, 2.24) is 4.72 Å². The SMILES string of the molecule is COc1cc(C#N)ccc1S(=O)(=O)NC1CC(N)C1.Cl. The largest absolute Gasteiger partial charge is 0.495 e. The Balaban J connectivity index is 0.00000200. The van der Waals surface area contributed by atoms with E-state index >= 15 is 0 Å². The number of nitrogens with zero attached hydrogens (tertiary/aromatic N) is 1. The monoisotopic (exact) mass is 317 g/mol. The number of sulfonamides is 1. The van der Waals surface area contributed by atoms with E-state index in [0.717, 1.165) is 0 Å². The molecule has 1 aliphatic carbocycles. The van der Waals surface area contributed by atoms with Crippen molar-refractivity contribution in [1.29, 1.82) is 5.26 Å². The second-order valence-corrected chi connectivity index (χ2v) is 6.21. The highest BCUT2D eigenvalue weighted by atomic mass is 35.5. The Hall–Kier alpha value is -1.33. The number of hydrogen-bond acceptors (Lipinski definition) is 5. The van der Waals surface area contributed by atoms with Crippen molar-refractivity contribution in [3.8, 4) is 11.8 Å². The molecule has 0 saturated heterocycles. The zero-order valence-corrected chi connectivity index (χ0v) is 12.5. The Morgan fingerprint density at radius 2 is 2.10 bits per heavy atom. The van der Waals surface area contributed by atoms with Crippen molar-refractivity contribution in [2.24, 2.45) is 5.73 Å². The molecule has 1 aliphatic rings. The molecular weight excluding hydrogens is 302 g/mol. The van der Waals surface area contributed by atoms with Crippen molar-refractivity contribution >= 4 is 22.4 Å². The average Bonchev–Trinajstić information content (AvgIpc) is 2.35. The smallest absolute Gasteiger partial charge is 0.244 e. The Bertz CT molecular complexity index is 621. The number of rotatable bonds is 4. The van der Waals surface area contributed by atoms with Crippen molar-refractivity contribution in [2.75, 3.05) is 7.11 Å². The van der Waals surface area contributed by atoms with Gasteiger partial charge in [-0.1, -0.05) is 0 Å². The number of nitrogens with two attached hydrogens (primary N) is 1. The lowest BCUT2D eigenvalue weighted by Crippen LogP contribution is -2.50. The van der Waals surface area contributed by atoms with Crippen LogP contribution in [0, 0.1) is 11.3 Å². The fourth-order valence-electron chi connectivity index (χ4n) is 2.00. The summed E-state index contributed by atoms with van der Waals surface area (Å²) in [6.07, 6.45) is 1.27. The molecule has 3 N–H and O–H groups in total. The van der Waals surface area contributed by atoms with Gasteiger partial charge in [0.2, 0.25) is 10.0 Å². The lowest BCUT2D eigenvalue weighted by molar-refractivity contribution is 0.326. The van der Waals surface area contributed by atoms with E-state index in [0.29, 0.717) is 18.4 Å². The molecule has 0 spiro atoms. The second-order valence-electron chi connectivity index (χ2n) is 4.53. The summed E-state index contributed by atoms with van der Waals surface area (Å²) in [4.78, 5) is 0.0365. The summed E-state index contributed by atoms with van der Waals surface area (Å²) in [6.45, 7) is 0. The van der Waals surface area contributed by atoms with Gasteiger partial charge in [0.15, 0.2) is 0 Å². The van der Waals surface area contributed by atoms with Crippen LogP contribution in [-0.2, 0) is 10.0 Å². The summed E-state index contributed by atoms with van der Waals surface area (Å²) < 4.78 is 32.0. The van der Waals surface area contributed by atoms with Gasteiger partial charge in [-0.15, -0.1) is 12.4 Å². The van der Waals surface area contributed by atoms with E-state index < -0.39 is 10.0 Å². The lowest BCUT2D eigenvalue weighted by Gasteiger charge is -2.32. The standard InChI is InChI=1S/C12H15N3O3S.ClH/c1-18-11-4-8(7-13)2-3-12(11)19(16,17)15-10-5-9(14)6-10;/h2-4,9-10,15H,5-6,14H2,1H3;1H. The maximum atomic E-state index is 12.2. The van der Waals surface area contributed by atoms with Gasteiger partial charge < -0.3 is 10.5 Å². The van der Waals surface area contributed by atoms with E-state index in [-0.39, 0.29) is 35.1 Å².